The van der Waals surface area contributed by atoms with Gasteiger partial charge in [-0.1, -0.05) is 29.8 Å². The molecule has 4 heteroatoms. The van der Waals surface area contributed by atoms with Gasteiger partial charge in [0.15, 0.2) is 0 Å². The summed E-state index contributed by atoms with van der Waals surface area (Å²) in [4.78, 5) is 26.5. The molecule has 0 atom stereocenters. The van der Waals surface area contributed by atoms with Crippen LogP contribution in [0.1, 0.15) is 52.8 Å². The second-order valence-electron chi connectivity index (χ2n) is 6.89. The number of allylic oxidation sites excluding steroid dienone is 1. The normalized spacial score (nSPS) is 13.6. The van der Waals surface area contributed by atoms with Gasteiger partial charge >= 0.3 is 0 Å². The fraction of sp³-hybridized carbons (Fsp3) is 0.304. The zero-order valence-electron chi connectivity index (χ0n) is 15.8. The van der Waals surface area contributed by atoms with Gasteiger partial charge in [-0.15, -0.1) is 0 Å². The van der Waals surface area contributed by atoms with Gasteiger partial charge in [0.2, 0.25) is 0 Å². The van der Waals surface area contributed by atoms with E-state index < -0.39 is 0 Å². The van der Waals surface area contributed by atoms with Crippen molar-refractivity contribution in [3.05, 3.63) is 77.4 Å². The van der Waals surface area contributed by atoms with E-state index in [1.165, 1.54) is 18.4 Å². The van der Waals surface area contributed by atoms with Crippen molar-refractivity contribution in [2.24, 2.45) is 0 Å². The van der Waals surface area contributed by atoms with Gasteiger partial charge in [0.25, 0.3) is 11.8 Å². The van der Waals surface area contributed by atoms with Gasteiger partial charge in [-0.3, -0.25) is 9.59 Å². The number of nitrogens with one attached hydrogen (secondary N) is 1. The molecule has 0 fully saturated rings. The average Bonchev–Trinajstić information content (AvgIpc) is 2.74. The minimum atomic E-state index is -0.0996. The van der Waals surface area contributed by atoms with Crippen LogP contribution in [-0.2, 0) is 0 Å². The van der Waals surface area contributed by atoms with Crippen molar-refractivity contribution in [1.82, 2.24) is 5.32 Å². The third-order valence-corrected chi connectivity index (χ3v) is 4.96. The van der Waals surface area contributed by atoms with E-state index in [9.17, 15) is 9.59 Å². The van der Waals surface area contributed by atoms with Gasteiger partial charge in [-0.05, 0) is 68.5 Å². The summed E-state index contributed by atoms with van der Waals surface area (Å²) >= 11 is 0. The molecule has 0 bridgehead atoms. The topological polar surface area (TPSA) is 49.4 Å². The molecule has 0 saturated heterocycles. The first-order chi connectivity index (χ1) is 13.1. The Morgan fingerprint density at radius 1 is 0.963 bits per heavy atom. The first-order valence-electron chi connectivity index (χ1n) is 9.54. The fourth-order valence-electron chi connectivity index (χ4n) is 3.30. The molecule has 3 rings (SSSR count). The smallest absolute Gasteiger partial charge is 0.258 e. The van der Waals surface area contributed by atoms with Gasteiger partial charge < -0.3 is 10.2 Å². The maximum absolute atomic E-state index is 12.6. The van der Waals surface area contributed by atoms with E-state index in [2.05, 4.69) is 11.4 Å². The van der Waals surface area contributed by atoms with Crippen LogP contribution in [0.25, 0.3) is 0 Å². The largest absolute Gasteiger partial charge is 0.352 e. The highest BCUT2D eigenvalue weighted by Crippen LogP contribution is 2.19. The third kappa shape index (κ3) is 5.07. The fourth-order valence-corrected chi connectivity index (χ4v) is 3.30. The number of rotatable bonds is 6. The summed E-state index contributed by atoms with van der Waals surface area (Å²) in [6.07, 6.45) is 8.08. The Labute approximate surface area is 160 Å². The van der Waals surface area contributed by atoms with Crippen LogP contribution < -0.4 is 10.2 Å². The molecule has 140 valence electrons. The molecule has 0 radical (unpaired) electrons. The van der Waals surface area contributed by atoms with Crippen molar-refractivity contribution in [1.29, 1.82) is 0 Å². The SMILES string of the molecule is CN(C(=O)c1ccc(C(=O)NCCC2=CCCCC2)cc1)c1ccccc1. The van der Waals surface area contributed by atoms with Crippen molar-refractivity contribution in [2.75, 3.05) is 18.5 Å². The predicted octanol–water partition coefficient (Wildman–Crippen LogP) is 4.58. The Balaban J connectivity index is 1.55. The zero-order chi connectivity index (χ0) is 19.1. The summed E-state index contributed by atoms with van der Waals surface area (Å²) in [6, 6.07) is 16.3. The van der Waals surface area contributed by atoms with E-state index in [0.717, 1.165) is 24.9 Å². The second-order valence-corrected chi connectivity index (χ2v) is 6.89. The lowest BCUT2D eigenvalue weighted by Crippen LogP contribution is -2.27. The molecule has 0 aromatic heterocycles. The number of carbonyl (C=O) groups is 2. The number of benzene rings is 2. The van der Waals surface area contributed by atoms with Crippen LogP contribution in [0.2, 0.25) is 0 Å². The summed E-state index contributed by atoms with van der Waals surface area (Å²) in [5.41, 5.74) is 3.42. The Hall–Kier alpha value is -2.88. The third-order valence-electron chi connectivity index (χ3n) is 4.96. The Morgan fingerprint density at radius 2 is 1.67 bits per heavy atom. The lowest BCUT2D eigenvalue weighted by Gasteiger charge is -2.17. The van der Waals surface area contributed by atoms with Gasteiger partial charge in [-0.2, -0.15) is 0 Å². The number of hydrogen-bond acceptors (Lipinski definition) is 2. The maximum atomic E-state index is 12.6. The number of hydrogen-bond donors (Lipinski definition) is 1. The minimum Gasteiger partial charge on any atom is -0.352 e. The summed E-state index contributed by atoms with van der Waals surface area (Å²) in [7, 11) is 1.75. The lowest BCUT2D eigenvalue weighted by atomic mass is 9.97. The van der Waals surface area contributed by atoms with Crippen LogP contribution in [-0.4, -0.2) is 25.4 Å². The molecular weight excluding hydrogens is 336 g/mol. The molecular formula is C23H26N2O2. The zero-order valence-corrected chi connectivity index (χ0v) is 15.8. The quantitative estimate of drug-likeness (QED) is 0.765. The van der Waals surface area contributed by atoms with Crippen molar-refractivity contribution < 1.29 is 9.59 Å². The number of carbonyl (C=O) groups excluding carboxylic acids is 2. The van der Waals surface area contributed by atoms with Crippen LogP contribution in [0, 0.1) is 0 Å². The van der Waals surface area contributed by atoms with Crippen LogP contribution in [0.4, 0.5) is 5.69 Å². The number of amides is 2. The van der Waals surface area contributed by atoms with Gasteiger partial charge in [-0.25, -0.2) is 0 Å². The summed E-state index contributed by atoms with van der Waals surface area (Å²) in [5.74, 6) is -0.195. The Kier molecular flexibility index (Phi) is 6.42. The molecule has 2 aromatic rings. The van der Waals surface area contributed by atoms with E-state index in [1.54, 1.807) is 36.2 Å². The van der Waals surface area contributed by atoms with E-state index in [4.69, 9.17) is 0 Å². The summed E-state index contributed by atoms with van der Waals surface area (Å²) in [5, 5.41) is 2.97. The molecule has 0 saturated carbocycles. The highest BCUT2D eigenvalue weighted by Gasteiger charge is 2.14. The monoisotopic (exact) mass is 362 g/mol. The summed E-state index contributed by atoms with van der Waals surface area (Å²) in [6.45, 7) is 0.655. The number of anilines is 1. The molecule has 0 spiro atoms. The Bertz CT molecular complexity index is 810. The molecule has 1 N–H and O–H groups in total. The van der Waals surface area contributed by atoms with Crippen LogP contribution >= 0.6 is 0 Å². The van der Waals surface area contributed by atoms with Crippen molar-refractivity contribution in [2.45, 2.75) is 32.1 Å². The van der Waals surface area contributed by atoms with E-state index in [-0.39, 0.29) is 11.8 Å². The molecule has 1 aliphatic carbocycles. The van der Waals surface area contributed by atoms with E-state index >= 15 is 0 Å². The van der Waals surface area contributed by atoms with Gasteiger partial charge in [0.1, 0.15) is 0 Å². The van der Waals surface area contributed by atoms with Crippen LogP contribution in [0.3, 0.4) is 0 Å². The molecule has 0 aliphatic heterocycles. The maximum Gasteiger partial charge on any atom is 0.258 e. The highest BCUT2D eigenvalue weighted by atomic mass is 16.2. The molecule has 1 aliphatic rings. The van der Waals surface area contributed by atoms with E-state index in [0.29, 0.717) is 17.7 Å². The average molecular weight is 362 g/mol. The molecule has 2 amide bonds. The van der Waals surface area contributed by atoms with Crippen molar-refractivity contribution in [3.8, 4) is 0 Å². The van der Waals surface area contributed by atoms with Crippen LogP contribution in [0.5, 0.6) is 0 Å². The number of para-hydroxylation sites is 1. The first-order valence-corrected chi connectivity index (χ1v) is 9.54. The van der Waals surface area contributed by atoms with E-state index in [1.807, 2.05) is 30.3 Å². The highest BCUT2D eigenvalue weighted by molar-refractivity contribution is 6.06. The second kappa shape index (κ2) is 9.17. The van der Waals surface area contributed by atoms with Gasteiger partial charge in [0.05, 0.1) is 0 Å². The van der Waals surface area contributed by atoms with Crippen molar-refractivity contribution in [3.63, 3.8) is 0 Å². The molecule has 0 heterocycles. The first kappa shape index (κ1) is 18.9. The Morgan fingerprint density at radius 3 is 2.33 bits per heavy atom. The van der Waals surface area contributed by atoms with Crippen LogP contribution in [0.15, 0.2) is 66.2 Å². The van der Waals surface area contributed by atoms with Crippen molar-refractivity contribution >= 4 is 17.5 Å². The molecule has 27 heavy (non-hydrogen) atoms. The van der Waals surface area contributed by atoms with Gasteiger partial charge in [0, 0.05) is 30.4 Å². The number of nitrogens with zero attached hydrogens (tertiary/aromatic N) is 1. The molecule has 0 unspecified atom stereocenters. The minimum absolute atomic E-state index is 0.0955. The lowest BCUT2D eigenvalue weighted by molar-refractivity contribution is 0.0951. The molecule has 2 aromatic carbocycles. The predicted molar refractivity (Wildman–Crippen MR) is 109 cm³/mol. The standard InChI is InChI=1S/C23H26N2O2/c1-25(21-10-6-3-7-11-21)23(27)20-14-12-19(13-15-20)22(26)24-17-16-18-8-4-2-5-9-18/h3,6-8,10-15H,2,4-5,9,16-17H2,1H3,(H,24,26). The summed E-state index contributed by atoms with van der Waals surface area (Å²) < 4.78 is 0. The molecule has 4 nitrogen and oxygen atoms in total.